The second-order valence-corrected chi connectivity index (χ2v) is 5.06. The van der Waals surface area contributed by atoms with E-state index in [1.807, 2.05) is 39.8 Å². The topological polar surface area (TPSA) is 42.7 Å². The smallest absolute Gasteiger partial charge is 0.412 e. The molecule has 1 amide bonds. The molecule has 0 saturated carbocycles. The first-order valence-electron chi connectivity index (χ1n) is 5.78. The lowest BCUT2D eigenvalue weighted by Crippen LogP contribution is -2.27. The maximum atomic E-state index is 11.6. The van der Waals surface area contributed by atoms with Crippen molar-refractivity contribution in [1.29, 1.82) is 0 Å². The second-order valence-electron chi connectivity index (χ2n) is 5.06. The molecule has 1 aromatic rings. The van der Waals surface area contributed by atoms with Gasteiger partial charge in [-0.15, -0.1) is 0 Å². The lowest BCUT2D eigenvalue weighted by molar-refractivity contribution is 0.0636. The molecule has 4 heteroatoms. The van der Waals surface area contributed by atoms with Gasteiger partial charge in [-0.05, 0) is 32.9 Å². The van der Waals surface area contributed by atoms with E-state index in [9.17, 15) is 4.79 Å². The third-order valence-electron chi connectivity index (χ3n) is 2.21. The Kier molecular flexibility index (Phi) is 4.33. The summed E-state index contributed by atoms with van der Waals surface area (Å²) in [6, 6.07) is 7.01. The van der Waals surface area contributed by atoms with E-state index in [0.29, 0.717) is 5.69 Å². The number of benzene rings is 1. The van der Waals surface area contributed by atoms with E-state index in [1.54, 1.807) is 12.1 Å². The normalized spacial score (nSPS) is 12.4. The van der Waals surface area contributed by atoms with Gasteiger partial charge in [-0.25, -0.2) is 11.4 Å². The number of ether oxygens (including phenoxy) is 1. The molecule has 0 aliphatic heterocycles. The van der Waals surface area contributed by atoms with E-state index in [2.05, 4.69) is 10.2 Å². The highest BCUT2D eigenvalue weighted by molar-refractivity contribution is 5.84. The van der Waals surface area contributed by atoms with Crippen molar-refractivity contribution in [2.75, 3.05) is 5.32 Å². The summed E-state index contributed by atoms with van der Waals surface area (Å²) in [5.41, 5.74) is 0.988. The predicted octanol–water partition coefficient (Wildman–Crippen LogP) is 4.01. The highest BCUT2D eigenvalue weighted by Gasteiger charge is 2.16. The lowest BCUT2D eigenvalue weighted by Gasteiger charge is -2.19. The van der Waals surface area contributed by atoms with E-state index in [1.165, 1.54) is 0 Å². The molecule has 0 radical (unpaired) electrons. The summed E-state index contributed by atoms with van der Waals surface area (Å²) in [4.78, 5) is 15.0. The Hall–Kier alpha value is -2.02. The summed E-state index contributed by atoms with van der Waals surface area (Å²) in [7, 11) is 0. The summed E-state index contributed by atoms with van der Waals surface area (Å²) in [6.45, 7) is 14.2. The maximum absolute atomic E-state index is 11.6. The van der Waals surface area contributed by atoms with Crippen LogP contribution in [0.5, 0.6) is 0 Å². The van der Waals surface area contributed by atoms with Gasteiger partial charge in [0.05, 0.1) is 0 Å². The summed E-state index contributed by atoms with van der Waals surface area (Å²) in [5.74, 6) is 0. The fourth-order valence-corrected chi connectivity index (χ4v) is 1.37. The largest absolute Gasteiger partial charge is 0.444 e. The molecule has 0 aliphatic rings. The molecule has 0 fully saturated rings. The van der Waals surface area contributed by atoms with Gasteiger partial charge in [-0.1, -0.05) is 12.1 Å². The summed E-state index contributed by atoms with van der Waals surface area (Å²) < 4.78 is 5.16. The van der Waals surface area contributed by atoms with Crippen molar-refractivity contribution in [3.8, 4) is 0 Å². The highest BCUT2D eigenvalue weighted by atomic mass is 16.6. The predicted molar refractivity (Wildman–Crippen MR) is 71.3 cm³/mol. The van der Waals surface area contributed by atoms with E-state index >= 15 is 0 Å². The van der Waals surface area contributed by atoms with Crippen LogP contribution in [-0.2, 0) is 4.74 Å². The molecular formula is C14H18N2O2. The quantitative estimate of drug-likeness (QED) is 0.801. The van der Waals surface area contributed by atoms with Gasteiger partial charge in [-0.3, -0.25) is 5.32 Å². The zero-order valence-electron chi connectivity index (χ0n) is 11.2. The van der Waals surface area contributed by atoms with Gasteiger partial charge < -0.3 is 9.58 Å². The van der Waals surface area contributed by atoms with E-state index in [0.717, 1.165) is 5.56 Å². The Labute approximate surface area is 108 Å². The Morgan fingerprint density at radius 3 is 2.67 bits per heavy atom. The molecule has 1 N–H and O–H groups in total. The number of carbonyl (C=O) groups is 1. The van der Waals surface area contributed by atoms with Gasteiger partial charge >= 0.3 is 6.09 Å². The first kappa shape index (κ1) is 14.0. The molecule has 0 aliphatic carbocycles. The minimum absolute atomic E-state index is 0.217. The van der Waals surface area contributed by atoms with E-state index in [-0.39, 0.29) is 6.04 Å². The monoisotopic (exact) mass is 246 g/mol. The Balaban J connectivity index is 2.74. The number of nitrogens with one attached hydrogen (secondary N) is 1. The number of anilines is 1. The van der Waals surface area contributed by atoms with Crippen LogP contribution in [0.1, 0.15) is 39.3 Å². The van der Waals surface area contributed by atoms with Crippen LogP contribution in [0.2, 0.25) is 0 Å². The van der Waals surface area contributed by atoms with Crippen molar-refractivity contribution in [3.63, 3.8) is 0 Å². The molecule has 0 aromatic heterocycles. The zero-order valence-corrected chi connectivity index (χ0v) is 11.2. The summed E-state index contributed by atoms with van der Waals surface area (Å²) in [5, 5.41) is 2.65. The Morgan fingerprint density at radius 1 is 1.44 bits per heavy atom. The van der Waals surface area contributed by atoms with Crippen molar-refractivity contribution >= 4 is 11.8 Å². The summed E-state index contributed by atoms with van der Waals surface area (Å²) in [6.07, 6.45) is -0.491. The summed E-state index contributed by atoms with van der Waals surface area (Å²) >= 11 is 0. The van der Waals surface area contributed by atoms with Gasteiger partial charge in [-0.2, -0.15) is 0 Å². The molecule has 96 valence electrons. The molecule has 1 unspecified atom stereocenters. The second kappa shape index (κ2) is 5.54. The van der Waals surface area contributed by atoms with Crippen LogP contribution in [-0.4, -0.2) is 11.7 Å². The van der Waals surface area contributed by atoms with Crippen molar-refractivity contribution in [2.45, 2.75) is 39.3 Å². The zero-order chi connectivity index (χ0) is 13.8. The molecule has 1 atom stereocenters. The van der Waals surface area contributed by atoms with Gasteiger partial charge in [0.1, 0.15) is 5.60 Å². The van der Waals surface area contributed by atoms with Crippen LogP contribution in [0.15, 0.2) is 24.3 Å². The lowest BCUT2D eigenvalue weighted by atomic mass is 10.1. The van der Waals surface area contributed by atoms with Gasteiger partial charge in [0.25, 0.3) is 0 Å². The number of hydrogen-bond donors (Lipinski definition) is 1. The number of carbonyl (C=O) groups excluding carboxylic acids is 1. The average Bonchev–Trinajstić information content (AvgIpc) is 2.25. The molecule has 1 rings (SSSR count). The van der Waals surface area contributed by atoms with E-state index < -0.39 is 11.7 Å². The Bertz CT molecular complexity index is 469. The van der Waals surface area contributed by atoms with Crippen molar-refractivity contribution in [1.82, 2.24) is 0 Å². The van der Waals surface area contributed by atoms with Gasteiger partial charge in [0, 0.05) is 18.2 Å². The third kappa shape index (κ3) is 4.46. The molecule has 0 saturated heterocycles. The van der Waals surface area contributed by atoms with Crippen LogP contribution in [0.4, 0.5) is 10.5 Å². The first-order chi connectivity index (χ1) is 8.31. The number of amides is 1. The molecule has 4 nitrogen and oxygen atoms in total. The average molecular weight is 246 g/mol. The number of rotatable bonds is 2. The Morgan fingerprint density at radius 2 is 2.11 bits per heavy atom. The fourth-order valence-electron chi connectivity index (χ4n) is 1.37. The molecule has 0 spiro atoms. The van der Waals surface area contributed by atoms with Crippen LogP contribution in [0.25, 0.3) is 4.85 Å². The maximum Gasteiger partial charge on any atom is 0.412 e. The first-order valence-corrected chi connectivity index (χ1v) is 5.78. The van der Waals surface area contributed by atoms with Crippen molar-refractivity contribution in [2.24, 2.45) is 0 Å². The van der Waals surface area contributed by atoms with Gasteiger partial charge in [0.2, 0.25) is 6.04 Å². The minimum atomic E-state index is -0.522. The standard InChI is InChI=1S/C14H18N2O2/c1-10(15-5)11-7-6-8-12(9-11)16-13(17)18-14(2,3)4/h6-10H,1-4H3,(H,16,17). The van der Waals surface area contributed by atoms with Crippen molar-refractivity contribution in [3.05, 3.63) is 41.2 Å². The fraction of sp³-hybridized carbons (Fsp3) is 0.429. The number of hydrogen-bond acceptors (Lipinski definition) is 2. The molecule has 18 heavy (non-hydrogen) atoms. The van der Waals surface area contributed by atoms with Crippen molar-refractivity contribution < 1.29 is 9.53 Å². The minimum Gasteiger partial charge on any atom is -0.444 e. The highest BCUT2D eigenvalue weighted by Crippen LogP contribution is 2.20. The van der Waals surface area contributed by atoms with Gasteiger partial charge in [0.15, 0.2) is 0 Å². The molecule has 1 aromatic carbocycles. The molecular weight excluding hydrogens is 228 g/mol. The molecule has 0 bridgehead atoms. The van der Waals surface area contributed by atoms with E-state index in [4.69, 9.17) is 11.3 Å². The van der Waals surface area contributed by atoms with Crippen LogP contribution < -0.4 is 5.32 Å². The SMILES string of the molecule is [C-]#[N+]C(C)c1cccc(NC(=O)OC(C)(C)C)c1. The number of nitrogens with zero attached hydrogens (tertiary/aromatic N) is 1. The third-order valence-corrected chi connectivity index (χ3v) is 2.21. The van der Waals surface area contributed by atoms with Crippen LogP contribution >= 0.6 is 0 Å². The molecule has 0 heterocycles. The van der Waals surface area contributed by atoms with Crippen LogP contribution in [0.3, 0.4) is 0 Å². The van der Waals surface area contributed by atoms with Crippen LogP contribution in [0, 0.1) is 6.57 Å².